The number of rotatable bonds is 5. The smallest absolute Gasteiger partial charge is 0.227 e. The molecule has 6 heteroatoms. The second-order valence-electron chi connectivity index (χ2n) is 7.83. The summed E-state index contributed by atoms with van der Waals surface area (Å²) >= 11 is 0. The van der Waals surface area contributed by atoms with Crippen molar-refractivity contribution in [2.45, 2.75) is 30.8 Å². The topological polar surface area (TPSA) is 82.8 Å². The summed E-state index contributed by atoms with van der Waals surface area (Å²) in [5.41, 5.74) is 3.10. The first kappa shape index (κ1) is 20.4. The Morgan fingerprint density at radius 1 is 1.13 bits per heavy atom. The Labute approximate surface area is 176 Å². The summed E-state index contributed by atoms with van der Waals surface area (Å²) in [4.78, 5) is 14.6. The van der Waals surface area contributed by atoms with E-state index in [1.165, 1.54) is 0 Å². The van der Waals surface area contributed by atoms with Crippen LogP contribution in [0.5, 0.6) is 5.75 Å². The number of methoxy groups -OCH3 is 1. The van der Waals surface area contributed by atoms with E-state index < -0.39 is 6.04 Å². The van der Waals surface area contributed by atoms with Crippen molar-refractivity contribution in [3.8, 4) is 22.9 Å². The molecule has 4 rings (SSSR count). The number of hydrogen-bond donors (Lipinski definition) is 1. The molecule has 0 saturated carbocycles. The Kier molecular flexibility index (Phi) is 6.03. The summed E-state index contributed by atoms with van der Waals surface area (Å²) in [5.74, 6) is 0.465. The monoisotopic (exact) mass is 406 g/mol. The minimum atomic E-state index is -0.552. The lowest BCUT2D eigenvalue weighted by Gasteiger charge is -2.52. The Morgan fingerprint density at radius 2 is 1.73 bits per heavy atom. The predicted octanol–water partition coefficient (Wildman–Crippen LogP) is 2.97. The van der Waals surface area contributed by atoms with Gasteiger partial charge in [0, 0.05) is 25.0 Å². The quantitative estimate of drug-likeness (QED) is 0.825. The van der Waals surface area contributed by atoms with Gasteiger partial charge in [0.05, 0.1) is 25.8 Å². The van der Waals surface area contributed by atoms with Crippen LogP contribution in [0.1, 0.15) is 24.3 Å². The van der Waals surface area contributed by atoms with E-state index in [0.717, 1.165) is 22.4 Å². The molecule has 0 unspecified atom stereocenters. The third-order valence-electron chi connectivity index (χ3n) is 6.27. The SMILES string of the molecule is COc1ccc(-c2ccc([C@@H]3[C@@H](CO)N(C(=O)C4CCOCC4)[C@H]3C#N)cc2)cc1. The van der Waals surface area contributed by atoms with Crippen molar-refractivity contribution in [1.29, 1.82) is 5.26 Å². The van der Waals surface area contributed by atoms with Crippen molar-refractivity contribution in [2.75, 3.05) is 26.9 Å². The summed E-state index contributed by atoms with van der Waals surface area (Å²) in [6.45, 7) is 0.987. The molecule has 30 heavy (non-hydrogen) atoms. The van der Waals surface area contributed by atoms with E-state index in [-0.39, 0.29) is 30.4 Å². The molecule has 6 nitrogen and oxygen atoms in total. The fourth-order valence-electron chi connectivity index (χ4n) is 4.55. The fraction of sp³-hybridized carbons (Fsp3) is 0.417. The molecule has 2 aromatic carbocycles. The number of carbonyl (C=O) groups is 1. The van der Waals surface area contributed by atoms with Crippen molar-refractivity contribution in [3.05, 3.63) is 54.1 Å². The van der Waals surface area contributed by atoms with E-state index in [4.69, 9.17) is 9.47 Å². The maximum atomic E-state index is 13.0. The lowest BCUT2D eigenvalue weighted by Crippen LogP contribution is -2.66. The molecule has 2 aromatic rings. The van der Waals surface area contributed by atoms with Crippen LogP contribution in [0.3, 0.4) is 0 Å². The molecule has 2 saturated heterocycles. The number of nitriles is 1. The van der Waals surface area contributed by atoms with Crippen molar-refractivity contribution in [2.24, 2.45) is 5.92 Å². The lowest BCUT2D eigenvalue weighted by atomic mass is 9.74. The molecule has 0 aliphatic carbocycles. The molecule has 1 N–H and O–H groups in total. The van der Waals surface area contributed by atoms with Crippen LogP contribution < -0.4 is 4.74 Å². The van der Waals surface area contributed by atoms with Gasteiger partial charge in [0.25, 0.3) is 0 Å². The molecule has 2 aliphatic heterocycles. The van der Waals surface area contributed by atoms with Crippen LogP contribution in [0.25, 0.3) is 11.1 Å². The molecule has 2 heterocycles. The largest absolute Gasteiger partial charge is 0.497 e. The number of amides is 1. The van der Waals surface area contributed by atoms with Gasteiger partial charge in [-0.05, 0) is 41.7 Å². The maximum absolute atomic E-state index is 13.0. The highest BCUT2D eigenvalue weighted by atomic mass is 16.5. The normalized spacial score (nSPS) is 24.0. The molecule has 3 atom stereocenters. The third-order valence-corrected chi connectivity index (χ3v) is 6.27. The molecule has 2 fully saturated rings. The van der Waals surface area contributed by atoms with Gasteiger partial charge >= 0.3 is 0 Å². The average molecular weight is 406 g/mol. The van der Waals surface area contributed by atoms with Gasteiger partial charge in [-0.1, -0.05) is 36.4 Å². The van der Waals surface area contributed by atoms with E-state index in [9.17, 15) is 15.2 Å². The Hall–Kier alpha value is -2.88. The van der Waals surface area contributed by atoms with Gasteiger partial charge in [-0.3, -0.25) is 4.79 Å². The van der Waals surface area contributed by atoms with Crippen LogP contribution in [-0.2, 0) is 9.53 Å². The number of aliphatic hydroxyl groups excluding tert-OH is 1. The number of hydrogen-bond acceptors (Lipinski definition) is 5. The Bertz CT molecular complexity index is 914. The molecule has 0 bridgehead atoms. The van der Waals surface area contributed by atoms with Crippen molar-refractivity contribution >= 4 is 5.91 Å². The number of ether oxygens (including phenoxy) is 2. The zero-order valence-corrected chi connectivity index (χ0v) is 17.0. The van der Waals surface area contributed by atoms with Crippen molar-refractivity contribution < 1.29 is 19.4 Å². The van der Waals surface area contributed by atoms with Crippen molar-refractivity contribution in [3.63, 3.8) is 0 Å². The molecule has 0 aromatic heterocycles. The molecule has 1 amide bonds. The summed E-state index contributed by atoms with van der Waals surface area (Å²) in [7, 11) is 1.64. The highest BCUT2D eigenvalue weighted by molar-refractivity contribution is 5.81. The van der Waals surface area contributed by atoms with Crippen molar-refractivity contribution in [1.82, 2.24) is 4.90 Å². The number of carbonyl (C=O) groups excluding carboxylic acids is 1. The van der Waals surface area contributed by atoms with Crippen LogP contribution in [0.4, 0.5) is 0 Å². The highest BCUT2D eigenvalue weighted by Gasteiger charge is 2.52. The maximum Gasteiger partial charge on any atom is 0.227 e. The number of likely N-dealkylation sites (tertiary alicyclic amines) is 1. The van der Waals surface area contributed by atoms with Crippen LogP contribution in [0, 0.1) is 17.2 Å². The first-order valence-electron chi connectivity index (χ1n) is 10.3. The number of benzene rings is 2. The number of nitrogens with zero attached hydrogens (tertiary/aromatic N) is 2. The van der Waals surface area contributed by atoms with E-state index >= 15 is 0 Å². The first-order valence-corrected chi connectivity index (χ1v) is 10.3. The van der Waals surface area contributed by atoms with Gasteiger partial charge in [0.1, 0.15) is 11.8 Å². The molecule has 2 aliphatic rings. The molecular weight excluding hydrogens is 380 g/mol. The van der Waals surface area contributed by atoms with E-state index in [0.29, 0.717) is 26.1 Å². The van der Waals surface area contributed by atoms with E-state index in [1.807, 2.05) is 48.5 Å². The van der Waals surface area contributed by atoms with Gasteiger partial charge in [0.2, 0.25) is 5.91 Å². The zero-order valence-electron chi connectivity index (χ0n) is 17.0. The second-order valence-corrected chi connectivity index (χ2v) is 7.83. The van der Waals surface area contributed by atoms with Gasteiger partial charge in [-0.15, -0.1) is 0 Å². The van der Waals surface area contributed by atoms with Gasteiger partial charge in [0.15, 0.2) is 0 Å². The predicted molar refractivity (Wildman–Crippen MR) is 112 cm³/mol. The lowest BCUT2D eigenvalue weighted by molar-refractivity contribution is -0.154. The Morgan fingerprint density at radius 3 is 2.27 bits per heavy atom. The first-order chi connectivity index (χ1) is 14.7. The number of aliphatic hydroxyl groups is 1. The Balaban J connectivity index is 1.52. The van der Waals surface area contributed by atoms with Crippen LogP contribution in [0.15, 0.2) is 48.5 Å². The average Bonchev–Trinajstić information content (AvgIpc) is 2.80. The van der Waals surface area contributed by atoms with Gasteiger partial charge in [-0.2, -0.15) is 5.26 Å². The molecular formula is C24H26N2O4. The highest BCUT2D eigenvalue weighted by Crippen LogP contribution is 2.42. The molecule has 156 valence electrons. The van der Waals surface area contributed by atoms with Crippen LogP contribution >= 0.6 is 0 Å². The standard InChI is InChI=1S/C24H26N2O4/c1-29-20-8-6-17(7-9-20)16-2-4-18(5-3-16)23-21(14-25)26(22(23)15-27)24(28)19-10-12-30-13-11-19/h2-9,19,21-23,27H,10-13,15H2,1H3/t21-,22+,23-/m0/s1. The van der Waals surface area contributed by atoms with Crippen LogP contribution in [0.2, 0.25) is 0 Å². The zero-order chi connectivity index (χ0) is 21.1. The summed E-state index contributed by atoms with van der Waals surface area (Å²) in [5, 5.41) is 19.8. The van der Waals surface area contributed by atoms with Gasteiger partial charge < -0.3 is 19.5 Å². The van der Waals surface area contributed by atoms with E-state index in [1.54, 1.807) is 12.0 Å². The molecule has 0 radical (unpaired) electrons. The minimum Gasteiger partial charge on any atom is -0.497 e. The third kappa shape index (κ3) is 3.67. The van der Waals surface area contributed by atoms with E-state index in [2.05, 4.69) is 6.07 Å². The summed E-state index contributed by atoms with van der Waals surface area (Å²) in [6.07, 6.45) is 1.35. The minimum absolute atomic E-state index is 0.0324. The van der Waals surface area contributed by atoms with Gasteiger partial charge in [-0.25, -0.2) is 0 Å². The molecule has 0 spiro atoms. The fourth-order valence-corrected chi connectivity index (χ4v) is 4.55. The summed E-state index contributed by atoms with van der Waals surface area (Å²) < 4.78 is 10.6. The summed E-state index contributed by atoms with van der Waals surface area (Å²) in [6, 6.07) is 17.2. The second kappa shape index (κ2) is 8.86. The van der Waals surface area contributed by atoms with Crippen LogP contribution in [-0.4, -0.2) is 54.9 Å².